The minimum atomic E-state index is -3.45. The van der Waals surface area contributed by atoms with Crippen molar-refractivity contribution >= 4 is 10.0 Å². The third-order valence-electron chi connectivity index (χ3n) is 4.37. The Morgan fingerprint density at radius 2 is 1.82 bits per heavy atom. The number of aryl methyl sites for hydroxylation is 2. The van der Waals surface area contributed by atoms with Crippen LogP contribution in [0.1, 0.15) is 43.5 Å². The topological polar surface area (TPSA) is 69.3 Å². The third-order valence-corrected chi connectivity index (χ3v) is 6.50. The molecule has 1 aliphatic rings. The molecule has 1 aromatic heterocycles. The Balaban J connectivity index is 1.90. The molecule has 6 nitrogen and oxygen atoms in total. The number of aromatic nitrogens is 2. The van der Waals surface area contributed by atoms with Gasteiger partial charge in [0.1, 0.15) is 4.90 Å². The first-order chi connectivity index (χ1) is 10.4. The second-order valence-electron chi connectivity index (χ2n) is 6.20. The molecule has 0 radical (unpaired) electrons. The molecule has 0 unspecified atom stereocenters. The molecule has 1 aliphatic heterocycles. The molecule has 2 rings (SSSR count). The van der Waals surface area contributed by atoms with Gasteiger partial charge in [-0.15, -0.1) is 0 Å². The Morgan fingerprint density at radius 1 is 1.18 bits per heavy atom. The van der Waals surface area contributed by atoms with Crippen molar-refractivity contribution < 1.29 is 8.42 Å². The van der Waals surface area contributed by atoms with Gasteiger partial charge in [0.2, 0.25) is 10.0 Å². The zero-order valence-electron chi connectivity index (χ0n) is 13.9. The van der Waals surface area contributed by atoms with E-state index >= 15 is 0 Å². The first-order valence-corrected chi connectivity index (χ1v) is 9.57. The average Bonchev–Trinajstić information content (AvgIpc) is 2.67. The molecule has 1 aromatic rings. The van der Waals surface area contributed by atoms with E-state index in [9.17, 15) is 8.42 Å². The molecule has 1 N–H and O–H groups in total. The molecule has 0 aromatic carbocycles. The number of nitrogens with one attached hydrogen (secondary N) is 1. The first kappa shape index (κ1) is 17.4. The molecule has 0 saturated carbocycles. The molecule has 7 heteroatoms. The summed E-state index contributed by atoms with van der Waals surface area (Å²) in [7, 11) is -1.79. The predicted octanol–water partition coefficient (Wildman–Crippen LogP) is 1.91. The van der Waals surface area contributed by atoms with Crippen molar-refractivity contribution in [1.29, 1.82) is 0 Å². The standard InChI is InChI=1S/C15H28N4O2S/c1-13-15(14(2)17-16-13)22(20,21)18(3)9-8-12-19-10-6-4-5-7-11-19/h4-12H2,1-3H3,(H,16,17). The van der Waals surface area contributed by atoms with Crippen molar-refractivity contribution in [3.8, 4) is 0 Å². The zero-order chi connectivity index (χ0) is 16.2. The van der Waals surface area contributed by atoms with Crippen molar-refractivity contribution in [1.82, 2.24) is 19.4 Å². The number of hydrogen-bond donors (Lipinski definition) is 1. The van der Waals surface area contributed by atoms with Crippen LogP contribution in [0.5, 0.6) is 0 Å². The van der Waals surface area contributed by atoms with Crippen LogP contribution in [-0.4, -0.2) is 61.0 Å². The van der Waals surface area contributed by atoms with E-state index in [2.05, 4.69) is 15.1 Å². The lowest BCUT2D eigenvalue weighted by Gasteiger charge is -2.22. The van der Waals surface area contributed by atoms with Crippen LogP contribution in [-0.2, 0) is 10.0 Å². The van der Waals surface area contributed by atoms with Gasteiger partial charge in [0, 0.05) is 13.6 Å². The molecule has 0 bridgehead atoms. The van der Waals surface area contributed by atoms with Crippen LogP contribution >= 0.6 is 0 Å². The van der Waals surface area contributed by atoms with E-state index in [1.54, 1.807) is 20.9 Å². The number of sulfonamides is 1. The number of rotatable bonds is 6. The second-order valence-corrected chi connectivity index (χ2v) is 8.18. The lowest BCUT2D eigenvalue weighted by atomic mass is 10.2. The number of nitrogens with zero attached hydrogens (tertiary/aromatic N) is 3. The minimum Gasteiger partial charge on any atom is -0.303 e. The molecule has 0 aliphatic carbocycles. The van der Waals surface area contributed by atoms with E-state index in [1.165, 1.54) is 30.0 Å². The van der Waals surface area contributed by atoms with Gasteiger partial charge in [-0.3, -0.25) is 5.10 Å². The lowest BCUT2D eigenvalue weighted by molar-refractivity contribution is 0.273. The van der Waals surface area contributed by atoms with E-state index in [4.69, 9.17) is 0 Å². The summed E-state index contributed by atoms with van der Waals surface area (Å²) in [5, 5.41) is 6.74. The smallest absolute Gasteiger partial charge is 0.246 e. The van der Waals surface area contributed by atoms with E-state index in [1.807, 2.05) is 0 Å². The minimum absolute atomic E-state index is 0.324. The van der Waals surface area contributed by atoms with Crippen LogP contribution in [0.2, 0.25) is 0 Å². The molecule has 1 fully saturated rings. The quantitative estimate of drug-likeness (QED) is 0.866. The van der Waals surface area contributed by atoms with Gasteiger partial charge in [-0.05, 0) is 52.7 Å². The molecular formula is C15H28N4O2S. The van der Waals surface area contributed by atoms with E-state index in [0.717, 1.165) is 26.1 Å². The summed E-state index contributed by atoms with van der Waals surface area (Å²) in [4.78, 5) is 2.78. The summed E-state index contributed by atoms with van der Waals surface area (Å²) >= 11 is 0. The SMILES string of the molecule is Cc1n[nH]c(C)c1S(=O)(=O)N(C)CCCN1CCCCCC1. The van der Waals surface area contributed by atoms with Crippen LogP contribution in [0, 0.1) is 13.8 Å². The van der Waals surface area contributed by atoms with Gasteiger partial charge >= 0.3 is 0 Å². The van der Waals surface area contributed by atoms with Gasteiger partial charge in [0.05, 0.1) is 11.4 Å². The summed E-state index contributed by atoms with van der Waals surface area (Å²) in [6.45, 7) is 7.29. The Kier molecular flexibility index (Phi) is 6.00. The van der Waals surface area contributed by atoms with Crippen molar-refractivity contribution in [3.63, 3.8) is 0 Å². The molecule has 0 amide bonds. The Labute approximate surface area is 133 Å². The van der Waals surface area contributed by atoms with Gasteiger partial charge < -0.3 is 4.90 Å². The van der Waals surface area contributed by atoms with Crippen molar-refractivity contribution in [2.75, 3.05) is 33.2 Å². The monoisotopic (exact) mass is 328 g/mol. The largest absolute Gasteiger partial charge is 0.303 e. The molecule has 0 spiro atoms. The maximum absolute atomic E-state index is 12.6. The Morgan fingerprint density at radius 3 is 2.36 bits per heavy atom. The normalized spacial score (nSPS) is 17.8. The maximum Gasteiger partial charge on any atom is 0.246 e. The summed E-state index contributed by atoms with van der Waals surface area (Å²) in [6.07, 6.45) is 6.04. The second kappa shape index (κ2) is 7.57. The van der Waals surface area contributed by atoms with E-state index < -0.39 is 10.0 Å². The summed E-state index contributed by atoms with van der Waals surface area (Å²) in [5.74, 6) is 0. The number of H-pyrrole nitrogens is 1. The molecule has 126 valence electrons. The van der Waals surface area contributed by atoms with Crippen molar-refractivity contribution in [2.45, 2.75) is 50.8 Å². The fourth-order valence-electron chi connectivity index (χ4n) is 3.07. The van der Waals surface area contributed by atoms with Gasteiger partial charge in [-0.1, -0.05) is 12.8 Å². The molecular weight excluding hydrogens is 300 g/mol. The fraction of sp³-hybridized carbons (Fsp3) is 0.800. The average molecular weight is 328 g/mol. The highest BCUT2D eigenvalue weighted by molar-refractivity contribution is 7.89. The van der Waals surface area contributed by atoms with E-state index in [0.29, 0.717) is 22.8 Å². The van der Waals surface area contributed by atoms with Crippen LogP contribution in [0.4, 0.5) is 0 Å². The highest BCUT2D eigenvalue weighted by atomic mass is 32.2. The highest BCUT2D eigenvalue weighted by Crippen LogP contribution is 2.20. The van der Waals surface area contributed by atoms with Crippen molar-refractivity contribution in [2.24, 2.45) is 0 Å². The van der Waals surface area contributed by atoms with Gasteiger partial charge in [-0.25, -0.2) is 12.7 Å². The number of aromatic amines is 1. The zero-order valence-corrected chi connectivity index (χ0v) is 14.7. The molecule has 0 atom stereocenters. The summed E-state index contributed by atoms with van der Waals surface area (Å²) in [6, 6.07) is 0. The van der Waals surface area contributed by atoms with Gasteiger partial charge in [-0.2, -0.15) is 5.10 Å². The van der Waals surface area contributed by atoms with Gasteiger partial charge in [0.25, 0.3) is 0 Å². The molecule has 1 saturated heterocycles. The lowest BCUT2D eigenvalue weighted by Crippen LogP contribution is -2.32. The third kappa shape index (κ3) is 4.08. The predicted molar refractivity (Wildman–Crippen MR) is 87.4 cm³/mol. The van der Waals surface area contributed by atoms with Crippen LogP contribution < -0.4 is 0 Å². The van der Waals surface area contributed by atoms with Crippen LogP contribution in [0.3, 0.4) is 0 Å². The van der Waals surface area contributed by atoms with Crippen LogP contribution in [0.25, 0.3) is 0 Å². The number of likely N-dealkylation sites (tertiary alicyclic amines) is 1. The molecule has 22 heavy (non-hydrogen) atoms. The highest BCUT2D eigenvalue weighted by Gasteiger charge is 2.26. The van der Waals surface area contributed by atoms with Crippen molar-refractivity contribution in [3.05, 3.63) is 11.4 Å². The Hall–Kier alpha value is -0.920. The number of hydrogen-bond acceptors (Lipinski definition) is 4. The van der Waals surface area contributed by atoms with Crippen LogP contribution in [0.15, 0.2) is 4.90 Å². The van der Waals surface area contributed by atoms with E-state index in [-0.39, 0.29) is 0 Å². The summed E-state index contributed by atoms with van der Waals surface area (Å²) < 4.78 is 26.7. The maximum atomic E-state index is 12.6. The Bertz CT molecular complexity index is 555. The fourth-order valence-corrected chi connectivity index (χ4v) is 4.61. The van der Waals surface area contributed by atoms with Gasteiger partial charge in [0.15, 0.2) is 0 Å². The first-order valence-electron chi connectivity index (χ1n) is 8.13. The molecule has 2 heterocycles. The summed E-state index contributed by atoms with van der Waals surface area (Å²) in [5.41, 5.74) is 1.15.